The van der Waals surface area contributed by atoms with Crippen molar-refractivity contribution in [3.8, 4) is 5.69 Å². The van der Waals surface area contributed by atoms with Crippen LogP contribution in [0.25, 0.3) is 5.69 Å². The molecule has 6 nitrogen and oxygen atoms in total. The van der Waals surface area contributed by atoms with E-state index in [-0.39, 0.29) is 17.4 Å². The first kappa shape index (κ1) is 21.1. The SMILES string of the molecule is CCc1ccc(-n2nc(N3CCCC(C(=O)Nc4ccc(Cl)cc4)C3)ccc2=O)cc1. The fraction of sp³-hybridized carbons (Fsp3) is 0.292. The van der Waals surface area contributed by atoms with Gasteiger partial charge in [0.1, 0.15) is 5.82 Å². The van der Waals surface area contributed by atoms with Crippen LogP contribution in [0.15, 0.2) is 65.5 Å². The first-order valence-electron chi connectivity index (χ1n) is 10.5. The molecule has 1 N–H and O–H groups in total. The van der Waals surface area contributed by atoms with Gasteiger partial charge in [0.05, 0.1) is 11.6 Å². The Hall–Kier alpha value is -3.12. The Bertz CT molecular complexity index is 1110. The number of rotatable bonds is 5. The van der Waals surface area contributed by atoms with Crippen molar-refractivity contribution in [2.45, 2.75) is 26.2 Å². The van der Waals surface area contributed by atoms with Gasteiger partial charge in [0, 0.05) is 29.9 Å². The van der Waals surface area contributed by atoms with Gasteiger partial charge < -0.3 is 10.2 Å². The fourth-order valence-electron chi connectivity index (χ4n) is 3.80. The highest BCUT2D eigenvalue weighted by molar-refractivity contribution is 6.30. The molecule has 1 amide bonds. The second-order valence-corrected chi connectivity index (χ2v) is 8.18. The Labute approximate surface area is 186 Å². The molecule has 7 heteroatoms. The Morgan fingerprint density at radius 3 is 2.55 bits per heavy atom. The highest BCUT2D eigenvalue weighted by atomic mass is 35.5. The van der Waals surface area contributed by atoms with E-state index in [2.05, 4.69) is 22.2 Å². The number of hydrogen-bond acceptors (Lipinski definition) is 4. The van der Waals surface area contributed by atoms with Gasteiger partial charge >= 0.3 is 0 Å². The van der Waals surface area contributed by atoms with Crippen molar-refractivity contribution in [1.29, 1.82) is 0 Å². The smallest absolute Gasteiger partial charge is 0.271 e. The van der Waals surface area contributed by atoms with Crippen molar-refractivity contribution < 1.29 is 4.79 Å². The van der Waals surface area contributed by atoms with E-state index in [1.165, 1.54) is 16.3 Å². The zero-order chi connectivity index (χ0) is 21.8. The summed E-state index contributed by atoms with van der Waals surface area (Å²) in [4.78, 5) is 27.3. The number of benzene rings is 2. The number of nitrogens with zero attached hydrogens (tertiary/aromatic N) is 3. The van der Waals surface area contributed by atoms with Crippen molar-refractivity contribution in [2.24, 2.45) is 5.92 Å². The second kappa shape index (κ2) is 9.35. The lowest BCUT2D eigenvalue weighted by molar-refractivity contribution is -0.120. The number of nitrogens with one attached hydrogen (secondary N) is 1. The summed E-state index contributed by atoms with van der Waals surface area (Å²) in [5, 5.41) is 8.19. The first-order valence-corrected chi connectivity index (χ1v) is 10.9. The molecular formula is C24H25ClN4O2. The number of carbonyl (C=O) groups excluding carboxylic acids is 1. The summed E-state index contributed by atoms with van der Waals surface area (Å²) in [5.74, 6) is 0.522. The van der Waals surface area contributed by atoms with Gasteiger partial charge in [-0.25, -0.2) is 0 Å². The quantitative estimate of drug-likeness (QED) is 0.647. The maximum absolute atomic E-state index is 12.8. The van der Waals surface area contributed by atoms with Crippen LogP contribution in [0.2, 0.25) is 5.02 Å². The van der Waals surface area contributed by atoms with Gasteiger partial charge in [-0.15, -0.1) is 5.10 Å². The molecule has 0 aliphatic carbocycles. The summed E-state index contributed by atoms with van der Waals surface area (Å²) >= 11 is 5.92. The van der Waals surface area contributed by atoms with E-state index >= 15 is 0 Å². The number of amides is 1. The number of aryl methyl sites for hydroxylation is 1. The van der Waals surface area contributed by atoms with E-state index in [1.807, 2.05) is 24.3 Å². The number of aromatic nitrogens is 2. The molecule has 1 saturated heterocycles. The molecule has 1 unspecified atom stereocenters. The third kappa shape index (κ3) is 4.97. The number of anilines is 2. The summed E-state index contributed by atoms with van der Waals surface area (Å²) in [6, 6.07) is 18.2. The molecule has 2 aromatic carbocycles. The molecule has 1 atom stereocenters. The van der Waals surface area contributed by atoms with Gasteiger partial charge in [0.15, 0.2) is 0 Å². The van der Waals surface area contributed by atoms with Gasteiger partial charge in [-0.3, -0.25) is 9.59 Å². The van der Waals surface area contributed by atoms with Crippen LogP contribution in [0, 0.1) is 5.92 Å². The molecule has 0 bridgehead atoms. The van der Waals surface area contributed by atoms with Crippen molar-refractivity contribution in [2.75, 3.05) is 23.3 Å². The zero-order valence-electron chi connectivity index (χ0n) is 17.4. The molecule has 4 rings (SSSR count). The van der Waals surface area contributed by atoms with Gasteiger partial charge in [0.2, 0.25) is 5.91 Å². The van der Waals surface area contributed by atoms with Crippen LogP contribution in [0.5, 0.6) is 0 Å². The predicted molar refractivity (Wildman–Crippen MR) is 124 cm³/mol. The van der Waals surface area contributed by atoms with E-state index in [0.29, 0.717) is 17.4 Å². The topological polar surface area (TPSA) is 67.2 Å². The first-order chi connectivity index (χ1) is 15.0. The zero-order valence-corrected chi connectivity index (χ0v) is 18.2. The number of hydrogen-bond donors (Lipinski definition) is 1. The fourth-order valence-corrected chi connectivity index (χ4v) is 3.93. The highest BCUT2D eigenvalue weighted by Crippen LogP contribution is 2.23. The van der Waals surface area contributed by atoms with Crippen molar-refractivity contribution in [3.05, 3.63) is 81.6 Å². The van der Waals surface area contributed by atoms with Gasteiger partial charge in [0.25, 0.3) is 5.56 Å². The van der Waals surface area contributed by atoms with E-state index in [0.717, 1.165) is 37.2 Å². The van der Waals surface area contributed by atoms with Gasteiger partial charge in [-0.2, -0.15) is 4.68 Å². The molecule has 0 saturated carbocycles. The maximum Gasteiger partial charge on any atom is 0.271 e. The number of piperidine rings is 1. The summed E-state index contributed by atoms with van der Waals surface area (Å²) < 4.78 is 1.42. The van der Waals surface area contributed by atoms with Crippen LogP contribution in [0.3, 0.4) is 0 Å². The average molecular weight is 437 g/mol. The molecule has 0 radical (unpaired) electrons. The largest absolute Gasteiger partial charge is 0.354 e. The second-order valence-electron chi connectivity index (χ2n) is 7.74. The minimum Gasteiger partial charge on any atom is -0.354 e. The molecule has 1 fully saturated rings. The van der Waals surface area contributed by atoms with Crippen LogP contribution in [-0.4, -0.2) is 28.8 Å². The van der Waals surface area contributed by atoms with Crippen LogP contribution < -0.4 is 15.8 Å². The van der Waals surface area contributed by atoms with E-state index in [4.69, 9.17) is 11.6 Å². The molecule has 1 aromatic heterocycles. The summed E-state index contributed by atoms with van der Waals surface area (Å²) in [5.41, 5.74) is 2.49. The number of halogens is 1. The third-order valence-corrected chi connectivity index (χ3v) is 5.86. The normalized spacial score (nSPS) is 16.2. The minimum absolute atomic E-state index is 0.0181. The van der Waals surface area contributed by atoms with Crippen LogP contribution >= 0.6 is 11.6 Å². The lowest BCUT2D eigenvalue weighted by Gasteiger charge is -2.32. The van der Waals surface area contributed by atoms with E-state index < -0.39 is 0 Å². The van der Waals surface area contributed by atoms with Gasteiger partial charge in [-0.1, -0.05) is 30.7 Å². The highest BCUT2D eigenvalue weighted by Gasteiger charge is 2.27. The van der Waals surface area contributed by atoms with E-state index in [9.17, 15) is 9.59 Å². The Morgan fingerprint density at radius 1 is 1.10 bits per heavy atom. The summed E-state index contributed by atoms with van der Waals surface area (Å²) in [6.07, 6.45) is 2.63. The van der Waals surface area contributed by atoms with Gasteiger partial charge in [-0.05, 0) is 67.3 Å². The lowest BCUT2D eigenvalue weighted by Crippen LogP contribution is -2.41. The lowest BCUT2D eigenvalue weighted by atomic mass is 9.97. The molecule has 3 aromatic rings. The van der Waals surface area contributed by atoms with Crippen molar-refractivity contribution >= 4 is 29.0 Å². The molecule has 0 spiro atoms. The standard InChI is InChI=1S/C24H25ClN4O2/c1-2-17-5-11-21(12-6-17)29-23(30)14-13-22(27-29)28-15-3-4-18(16-28)24(31)26-20-9-7-19(25)8-10-20/h5-14,18H,2-4,15-16H2,1H3,(H,26,31). The summed E-state index contributed by atoms with van der Waals surface area (Å²) in [7, 11) is 0. The Kier molecular flexibility index (Phi) is 6.37. The molecule has 31 heavy (non-hydrogen) atoms. The molecule has 2 heterocycles. The van der Waals surface area contributed by atoms with Crippen molar-refractivity contribution in [1.82, 2.24) is 9.78 Å². The maximum atomic E-state index is 12.8. The number of carbonyl (C=O) groups is 1. The molecule has 160 valence electrons. The Balaban J connectivity index is 1.50. The third-order valence-electron chi connectivity index (χ3n) is 5.60. The molecule has 1 aliphatic heterocycles. The Morgan fingerprint density at radius 2 is 1.84 bits per heavy atom. The minimum atomic E-state index is -0.179. The van der Waals surface area contributed by atoms with Crippen LogP contribution in [0.1, 0.15) is 25.3 Å². The monoisotopic (exact) mass is 436 g/mol. The molecule has 1 aliphatic rings. The van der Waals surface area contributed by atoms with E-state index in [1.54, 1.807) is 30.3 Å². The van der Waals surface area contributed by atoms with Crippen LogP contribution in [0.4, 0.5) is 11.5 Å². The predicted octanol–water partition coefficient (Wildman–Crippen LogP) is 4.30. The average Bonchev–Trinajstić information content (AvgIpc) is 2.81. The summed E-state index contributed by atoms with van der Waals surface area (Å²) in [6.45, 7) is 3.44. The molecular weight excluding hydrogens is 412 g/mol. The van der Waals surface area contributed by atoms with Crippen LogP contribution in [-0.2, 0) is 11.2 Å². The van der Waals surface area contributed by atoms with Crippen molar-refractivity contribution in [3.63, 3.8) is 0 Å².